The van der Waals surface area contributed by atoms with Gasteiger partial charge in [-0.15, -0.1) is 0 Å². The van der Waals surface area contributed by atoms with Gasteiger partial charge in [-0.1, -0.05) is 158 Å². The lowest BCUT2D eigenvalue weighted by atomic mass is 10.00. The van der Waals surface area contributed by atoms with Gasteiger partial charge in [-0.05, 0) is 187 Å². The van der Waals surface area contributed by atoms with Crippen molar-refractivity contribution in [1.82, 2.24) is 23.3 Å². The summed E-state index contributed by atoms with van der Waals surface area (Å²) in [4.78, 5) is 4.58. The summed E-state index contributed by atoms with van der Waals surface area (Å²) < 4.78 is 53.9. The lowest BCUT2D eigenvalue weighted by Gasteiger charge is -2.13. The van der Waals surface area contributed by atoms with E-state index in [1.807, 2.05) is 66.7 Å². The van der Waals surface area contributed by atoms with Gasteiger partial charge in [0.05, 0.1) is 88.0 Å². The minimum absolute atomic E-state index is 0.641. The number of para-hydroxylation sites is 4. The number of aromatic nitrogens is 5. The summed E-state index contributed by atoms with van der Waals surface area (Å²) in [6.45, 7) is 0. The normalized spacial score (nSPS) is 12.4. The molecule has 12 heterocycles. The van der Waals surface area contributed by atoms with Crippen LogP contribution in [0.15, 0.2) is 365 Å². The minimum Gasteiger partial charge on any atom is -0.456 e. The summed E-state index contributed by atoms with van der Waals surface area (Å²) in [5.41, 5.74) is 29.6. The fourth-order valence-electron chi connectivity index (χ4n) is 18.9. The number of nitrogens with zero attached hydrogens (tertiary/aromatic N) is 5. The van der Waals surface area contributed by atoms with Crippen molar-refractivity contribution in [1.29, 1.82) is 0 Å². The zero-order valence-corrected chi connectivity index (χ0v) is 59.8. The molecule has 12 nitrogen and oxygen atoms in total. The summed E-state index contributed by atoms with van der Waals surface area (Å²) in [5.74, 6) is 0. The number of hydrogen-bond acceptors (Lipinski definition) is 8. The molecule has 0 N–H and O–H groups in total. The summed E-state index contributed by atoms with van der Waals surface area (Å²) >= 11 is 0. The zero-order chi connectivity index (χ0) is 73.4. The predicted octanol–water partition coefficient (Wildman–Crippen LogP) is 28.3. The molecule has 0 bridgehead atoms. The number of furan rings is 6. The van der Waals surface area contributed by atoms with Gasteiger partial charge in [-0.3, -0.25) is 0 Å². The highest BCUT2D eigenvalue weighted by Gasteiger charge is 2.29. The Bertz CT molecular complexity index is 8520. The van der Waals surface area contributed by atoms with Gasteiger partial charge < -0.3 is 49.2 Å². The molecule has 0 atom stereocenters. The van der Waals surface area contributed by atoms with Crippen molar-refractivity contribution >= 4 is 209 Å². The van der Waals surface area contributed by atoms with Crippen LogP contribution in [0.4, 0.5) is 0 Å². The number of hydrogen-bond donors (Lipinski definition) is 0. The Morgan fingerprint density at radius 2 is 0.531 bits per heavy atom. The summed E-state index contributed by atoms with van der Waals surface area (Å²) in [6.07, 6.45) is 1.77. The highest BCUT2D eigenvalue weighted by Crippen LogP contribution is 2.51. The first-order chi connectivity index (χ1) is 56.0. The molecule has 12 heteroatoms. The van der Waals surface area contributed by atoms with Crippen LogP contribution in [-0.2, 0) is 0 Å². The van der Waals surface area contributed by atoms with Crippen LogP contribution in [0.3, 0.4) is 0 Å². The third kappa shape index (κ3) is 8.38. The van der Waals surface area contributed by atoms with E-state index >= 15 is 0 Å². The molecular formula is C101H55N5O7. The van der Waals surface area contributed by atoms with Gasteiger partial charge in [-0.25, -0.2) is 4.98 Å². The maximum absolute atomic E-state index is 6.80. The smallest absolute Gasteiger partial charge is 0.228 e. The largest absolute Gasteiger partial charge is 0.456 e. The molecular weight excluding hydrogens is 1400 g/mol. The second-order valence-electron chi connectivity index (χ2n) is 29.5. The van der Waals surface area contributed by atoms with Gasteiger partial charge in [0.15, 0.2) is 5.58 Å². The lowest BCUT2D eigenvalue weighted by molar-refractivity contribution is 0.648. The van der Waals surface area contributed by atoms with Gasteiger partial charge in [0.2, 0.25) is 5.71 Å². The Labute approximate surface area is 637 Å². The Morgan fingerprint density at radius 1 is 0.186 bits per heavy atom. The average molecular weight is 1450 g/mol. The zero-order valence-electron chi connectivity index (χ0n) is 59.8. The van der Waals surface area contributed by atoms with E-state index in [0.29, 0.717) is 5.71 Å². The van der Waals surface area contributed by atoms with E-state index in [0.717, 1.165) is 193 Å². The Balaban J connectivity index is 0.0000000942. The first-order valence-corrected chi connectivity index (χ1v) is 37.9. The Morgan fingerprint density at radius 3 is 1.11 bits per heavy atom. The molecule has 28 rings (SSSR count). The number of benzene rings is 16. The third-order valence-corrected chi connectivity index (χ3v) is 23.5. The van der Waals surface area contributed by atoms with Crippen molar-refractivity contribution in [3.8, 4) is 45.0 Å². The highest BCUT2D eigenvalue weighted by molar-refractivity contribution is 6.35. The molecule has 526 valence electrons. The maximum Gasteiger partial charge on any atom is 0.228 e. The van der Waals surface area contributed by atoms with Gasteiger partial charge in [0.1, 0.15) is 67.0 Å². The number of pyridine rings is 1. The summed E-state index contributed by atoms with van der Waals surface area (Å²) in [6, 6.07) is 115. The molecule has 0 saturated heterocycles. The Hall–Kier alpha value is -15.5. The van der Waals surface area contributed by atoms with E-state index in [2.05, 4.69) is 284 Å². The number of rotatable bonds is 6. The van der Waals surface area contributed by atoms with Gasteiger partial charge in [0, 0.05) is 76.8 Å². The van der Waals surface area contributed by atoms with E-state index < -0.39 is 0 Å². The molecule has 0 amide bonds. The molecule has 0 fully saturated rings. The molecule has 0 aliphatic carbocycles. The monoisotopic (exact) mass is 1450 g/mol. The first kappa shape index (κ1) is 60.5. The predicted molar refractivity (Wildman–Crippen MR) is 457 cm³/mol. The first-order valence-electron chi connectivity index (χ1n) is 37.9. The molecule has 113 heavy (non-hydrogen) atoms. The van der Waals surface area contributed by atoms with Crippen molar-refractivity contribution in [3.63, 3.8) is 0 Å². The summed E-state index contributed by atoms with van der Waals surface area (Å²) in [5, 5.41) is 17.7. The van der Waals surface area contributed by atoms with E-state index in [9.17, 15) is 0 Å². The molecule has 0 unspecified atom stereocenters. The standard InChI is InChI=1S/C36H20N2O2.C36H19NO3.C29H16N2O2/c1-2-8-21(9-3-1)37-25-11-5-4-10-23(25)24-20-22(16-17-26(24)37)38-27-12-6-14-29-33(27)35-31(39-29)18-19-32-36(35)34-28(38)13-7-15-30(34)40-32;1-3-11-25-23(9-1)24-10-2-4-12-26(24)37(25)21-8-5-7-20(19-21)22-15-16-31-35-34-30(39-31)18-17-29-33(34)32-27(38-29)13-6-14-28(32)40-36(22)35;1-2-7-17(8-3-1)18-9-4-10-19(15-18)31-20-11-5-13-22-25(20)27-24(32-22)16-30-29-28(27)26-21(31)12-6-14-23(26)33-29/h1-20H;1-19H;1-16H. The van der Waals surface area contributed by atoms with Crippen LogP contribution < -0.4 is 0 Å². The van der Waals surface area contributed by atoms with Crippen LogP contribution in [0.2, 0.25) is 0 Å². The van der Waals surface area contributed by atoms with Crippen molar-refractivity contribution < 1.29 is 30.9 Å². The molecule has 12 aromatic heterocycles. The fraction of sp³-hybridized carbons (Fsp3) is 0. The van der Waals surface area contributed by atoms with Crippen molar-refractivity contribution in [2.24, 2.45) is 0 Å². The van der Waals surface area contributed by atoms with Crippen LogP contribution >= 0.6 is 0 Å². The van der Waals surface area contributed by atoms with E-state index in [-0.39, 0.29) is 0 Å². The fourth-order valence-corrected chi connectivity index (χ4v) is 18.9. The van der Waals surface area contributed by atoms with Gasteiger partial charge in [-0.2, -0.15) is 0 Å². The van der Waals surface area contributed by atoms with Crippen LogP contribution in [0, 0.1) is 0 Å². The quantitative estimate of drug-likeness (QED) is 0.161. The van der Waals surface area contributed by atoms with E-state index in [1.54, 1.807) is 6.20 Å². The topological polar surface area (TPSA) is 125 Å². The second-order valence-corrected chi connectivity index (χ2v) is 29.5. The van der Waals surface area contributed by atoms with Gasteiger partial charge >= 0.3 is 0 Å². The minimum atomic E-state index is 0.641. The second kappa shape index (κ2) is 22.5. The van der Waals surface area contributed by atoms with Crippen LogP contribution in [-0.4, -0.2) is 23.3 Å². The molecule has 16 aromatic carbocycles. The highest BCUT2D eigenvalue weighted by atomic mass is 16.4. The molecule has 0 aliphatic heterocycles. The van der Waals surface area contributed by atoms with Gasteiger partial charge in [0.25, 0.3) is 0 Å². The van der Waals surface area contributed by atoms with E-state index in [4.69, 9.17) is 30.9 Å². The summed E-state index contributed by atoms with van der Waals surface area (Å²) in [7, 11) is 0. The lowest BCUT2D eigenvalue weighted by Crippen LogP contribution is -1.97. The SMILES string of the molecule is c1cc(-c2ccc3oc4ccc5oc6cccc7oc2c3c4c5c67)cc(-n2c3ccccc3c3ccccc32)c1.c1ccc(-c2cccc(-n3c4cccc5oc6cnc7oc8cccc3c8c7c6c54)c2)cc1.c1ccc(-n2c3ccccc3c3cc(-n4c5cccc6oc7ccc8oc9cccc4c9c8c7c65)ccc32)cc1. The van der Waals surface area contributed by atoms with Crippen molar-refractivity contribution in [2.45, 2.75) is 0 Å². The number of fused-ring (bicyclic) bond motifs is 6. The Kier molecular flexibility index (Phi) is 12.1. The molecule has 0 saturated carbocycles. The molecule has 0 radical (unpaired) electrons. The van der Waals surface area contributed by atoms with Crippen molar-refractivity contribution in [2.75, 3.05) is 0 Å². The van der Waals surface area contributed by atoms with E-state index in [1.165, 1.54) is 54.7 Å². The average Bonchev–Trinajstić information content (AvgIpc) is 1.55. The molecule has 28 aromatic rings. The van der Waals surface area contributed by atoms with Crippen LogP contribution in [0.1, 0.15) is 0 Å². The third-order valence-electron chi connectivity index (χ3n) is 23.5. The molecule has 0 aliphatic rings. The van der Waals surface area contributed by atoms with Crippen LogP contribution in [0.25, 0.3) is 254 Å². The van der Waals surface area contributed by atoms with Crippen LogP contribution in [0.5, 0.6) is 0 Å². The maximum atomic E-state index is 6.80. The van der Waals surface area contributed by atoms with Crippen molar-refractivity contribution in [3.05, 3.63) is 334 Å². The molecule has 0 spiro atoms.